The summed E-state index contributed by atoms with van der Waals surface area (Å²) in [5.41, 5.74) is 3.07. The molecule has 0 fully saturated rings. The third-order valence-electron chi connectivity index (χ3n) is 6.21. The average Bonchev–Trinajstić information content (AvgIpc) is 3.45. The molecule has 2 N–H and O–H groups in total. The quantitative estimate of drug-likeness (QED) is 0.243. The lowest BCUT2D eigenvalue weighted by Crippen LogP contribution is -2.32. The monoisotopic (exact) mass is 522 g/mol. The molecule has 1 aliphatic heterocycles. The second kappa shape index (κ2) is 8.77. The number of hydrogen-bond donors (Lipinski definition) is 2. The lowest BCUT2D eigenvalue weighted by molar-refractivity contribution is -0.129. The van der Waals surface area contributed by atoms with Crippen LogP contribution in [0.5, 0.6) is 0 Å². The fourth-order valence-corrected chi connectivity index (χ4v) is 5.08. The molecular weight excluding hydrogens is 500 g/mol. The standard InChI is InChI=1S/C26H23BrN2O5/c1-14-21(17-6-3-4-7-18(17)28-14)23-22(25(31)26(32)29(23)10-5-11-33-2)24(30)20-13-15-12-16(27)8-9-19(15)34-20/h3-4,6-9,12-13,23,28,31H,5,10-11H2,1-2H3. The number of aromatic nitrogens is 1. The summed E-state index contributed by atoms with van der Waals surface area (Å²) in [4.78, 5) is 31.8. The Hall–Kier alpha value is -3.36. The molecule has 1 amide bonds. The van der Waals surface area contributed by atoms with Crippen molar-refractivity contribution in [2.75, 3.05) is 20.3 Å². The number of amides is 1. The zero-order valence-corrected chi connectivity index (χ0v) is 20.3. The van der Waals surface area contributed by atoms with Crippen LogP contribution in [0.25, 0.3) is 21.9 Å². The highest BCUT2D eigenvalue weighted by atomic mass is 79.9. The van der Waals surface area contributed by atoms with Gasteiger partial charge in [-0.25, -0.2) is 0 Å². The Bertz CT molecular complexity index is 1460. The van der Waals surface area contributed by atoms with Gasteiger partial charge >= 0.3 is 0 Å². The predicted octanol–water partition coefficient (Wildman–Crippen LogP) is 5.60. The van der Waals surface area contributed by atoms with Crippen LogP contribution < -0.4 is 0 Å². The van der Waals surface area contributed by atoms with E-state index in [0.717, 1.165) is 32.0 Å². The molecule has 0 saturated carbocycles. The van der Waals surface area contributed by atoms with E-state index in [9.17, 15) is 14.7 Å². The zero-order valence-electron chi connectivity index (χ0n) is 18.7. The van der Waals surface area contributed by atoms with Crippen molar-refractivity contribution in [1.82, 2.24) is 9.88 Å². The molecule has 7 nitrogen and oxygen atoms in total. The van der Waals surface area contributed by atoms with E-state index >= 15 is 0 Å². The van der Waals surface area contributed by atoms with E-state index in [-0.39, 0.29) is 11.3 Å². The van der Waals surface area contributed by atoms with Crippen molar-refractivity contribution >= 4 is 49.5 Å². The van der Waals surface area contributed by atoms with Crippen molar-refractivity contribution in [3.05, 3.63) is 81.4 Å². The van der Waals surface area contributed by atoms with Crippen LogP contribution in [0.1, 0.15) is 34.3 Å². The van der Waals surface area contributed by atoms with E-state index in [4.69, 9.17) is 9.15 Å². The summed E-state index contributed by atoms with van der Waals surface area (Å²) in [5, 5.41) is 12.6. The molecule has 1 unspecified atom stereocenters. The van der Waals surface area contributed by atoms with Gasteiger partial charge in [-0.1, -0.05) is 34.1 Å². The maximum absolute atomic E-state index is 13.7. The summed E-state index contributed by atoms with van der Waals surface area (Å²) in [5.74, 6) is -1.56. The van der Waals surface area contributed by atoms with Crippen molar-refractivity contribution in [2.24, 2.45) is 0 Å². The highest BCUT2D eigenvalue weighted by molar-refractivity contribution is 9.10. The number of ketones is 1. The molecule has 174 valence electrons. The molecule has 0 radical (unpaired) electrons. The number of benzene rings is 2. The van der Waals surface area contributed by atoms with Crippen molar-refractivity contribution < 1.29 is 23.8 Å². The van der Waals surface area contributed by atoms with Crippen LogP contribution in [0.15, 0.2) is 68.8 Å². The Morgan fingerprint density at radius 2 is 2.03 bits per heavy atom. The van der Waals surface area contributed by atoms with E-state index < -0.39 is 23.5 Å². The number of methoxy groups -OCH3 is 1. The first-order valence-electron chi connectivity index (χ1n) is 10.9. The summed E-state index contributed by atoms with van der Waals surface area (Å²) >= 11 is 3.43. The lowest BCUT2D eigenvalue weighted by Gasteiger charge is -2.27. The maximum atomic E-state index is 13.7. The van der Waals surface area contributed by atoms with Gasteiger partial charge < -0.3 is 24.1 Å². The SMILES string of the molecule is COCCCN1C(=O)C(O)=C(C(=O)c2cc3cc(Br)ccc3o2)C1c1c(C)[nH]c2ccccc12. The van der Waals surface area contributed by atoms with Crippen LogP contribution in [0.4, 0.5) is 0 Å². The number of carbonyl (C=O) groups excluding carboxylic acids is 2. The number of fused-ring (bicyclic) bond motifs is 2. The molecule has 5 rings (SSSR count). The van der Waals surface area contributed by atoms with Crippen LogP contribution >= 0.6 is 15.9 Å². The number of aliphatic hydroxyl groups is 1. The number of nitrogens with one attached hydrogen (secondary N) is 1. The number of nitrogens with zero attached hydrogens (tertiary/aromatic N) is 1. The smallest absolute Gasteiger partial charge is 0.290 e. The molecule has 0 spiro atoms. The topological polar surface area (TPSA) is 95.8 Å². The van der Waals surface area contributed by atoms with Gasteiger partial charge in [-0.3, -0.25) is 9.59 Å². The largest absolute Gasteiger partial charge is 0.503 e. The van der Waals surface area contributed by atoms with Crippen LogP contribution in [0.2, 0.25) is 0 Å². The Morgan fingerprint density at radius 3 is 2.82 bits per heavy atom. The van der Waals surface area contributed by atoms with Gasteiger partial charge in [-0.2, -0.15) is 0 Å². The Balaban J connectivity index is 1.65. The summed E-state index contributed by atoms with van der Waals surface area (Å²) in [6.07, 6.45) is 0.563. The normalized spacial score (nSPS) is 16.4. The van der Waals surface area contributed by atoms with Gasteiger partial charge in [0.2, 0.25) is 5.78 Å². The van der Waals surface area contributed by atoms with Gasteiger partial charge in [0.1, 0.15) is 5.58 Å². The number of aromatic amines is 1. The number of furan rings is 1. The van der Waals surface area contributed by atoms with Crippen LogP contribution in [0.3, 0.4) is 0 Å². The minimum atomic E-state index is -0.757. The number of Topliss-reactive ketones (excluding diaryl/α,β-unsaturated/α-hetero) is 1. The van der Waals surface area contributed by atoms with Gasteiger partial charge in [-0.05, 0) is 43.7 Å². The lowest BCUT2D eigenvalue weighted by atomic mass is 9.93. The molecule has 1 atom stereocenters. The minimum Gasteiger partial charge on any atom is -0.503 e. The summed E-state index contributed by atoms with van der Waals surface area (Å²) in [7, 11) is 1.59. The number of aliphatic hydroxyl groups excluding tert-OH is 1. The zero-order chi connectivity index (χ0) is 24.0. The van der Waals surface area contributed by atoms with Crippen LogP contribution in [0, 0.1) is 6.92 Å². The van der Waals surface area contributed by atoms with E-state index in [1.807, 2.05) is 43.3 Å². The van der Waals surface area contributed by atoms with E-state index in [1.54, 1.807) is 24.1 Å². The predicted molar refractivity (Wildman–Crippen MR) is 132 cm³/mol. The Labute approximate surface area is 204 Å². The third kappa shape index (κ3) is 3.63. The molecule has 0 saturated heterocycles. The fraction of sp³-hybridized carbons (Fsp3) is 0.231. The van der Waals surface area contributed by atoms with Gasteiger partial charge in [-0.15, -0.1) is 0 Å². The van der Waals surface area contributed by atoms with Gasteiger partial charge in [0, 0.05) is 52.3 Å². The second-order valence-corrected chi connectivity index (χ2v) is 9.26. The molecule has 8 heteroatoms. The van der Waals surface area contributed by atoms with Gasteiger partial charge in [0.25, 0.3) is 5.91 Å². The van der Waals surface area contributed by atoms with Crippen molar-refractivity contribution in [1.29, 1.82) is 0 Å². The first-order valence-corrected chi connectivity index (χ1v) is 11.7. The number of rotatable bonds is 7. The number of para-hydroxylation sites is 1. The third-order valence-corrected chi connectivity index (χ3v) is 6.71. The maximum Gasteiger partial charge on any atom is 0.290 e. The molecular formula is C26H23BrN2O5. The summed E-state index contributed by atoms with van der Waals surface area (Å²) < 4.78 is 11.8. The van der Waals surface area contributed by atoms with Crippen molar-refractivity contribution in [2.45, 2.75) is 19.4 Å². The van der Waals surface area contributed by atoms with Gasteiger partial charge in [0.15, 0.2) is 11.5 Å². The fourth-order valence-electron chi connectivity index (χ4n) is 4.71. The van der Waals surface area contributed by atoms with E-state index in [2.05, 4.69) is 20.9 Å². The highest BCUT2D eigenvalue weighted by Gasteiger charge is 2.45. The number of hydrogen-bond acceptors (Lipinski definition) is 5. The van der Waals surface area contributed by atoms with E-state index in [0.29, 0.717) is 25.2 Å². The molecule has 4 aromatic rings. The number of ether oxygens (including phenoxy) is 1. The Kier molecular flexibility index (Phi) is 5.79. The molecule has 2 aromatic carbocycles. The second-order valence-electron chi connectivity index (χ2n) is 8.34. The summed E-state index contributed by atoms with van der Waals surface area (Å²) in [6, 6.07) is 14.0. The Morgan fingerprint density at radius 1 is 1.24 bits per heavy atom. The highest BCUT2D eigenvalue weighted by Crippen LogP contribution is 2.43. The average molecular weight is 523 g/mol. The molecule has 34 heavy (non-hydrogen) atoms. The molecule has 0 bridgehead atoms. The molecule has 1 aliphatic rings. The first-order chi connectivity index (χ1) is 16.4. The number of aryl methyl sites for hydroxylation is 1. The van der Waals surface area contributed by atoms with Gasteiger partial charge in [0.05, 0.1) is 11.6 Å². The minimum absolute atomic E-state index is 0.0217. The van der Waals surface area contributed by atoms with Crippen molar-refractivity contribution in [3.8, 4) is 0 Å². The molecule has 3 heterocycles. The summed E-state index contributed by atoms with van der Waals surface area (Å²) in [6.45, 7) is 2.68. The number of halogens is 1. The van der Waals surface area contributed by atoms with E-state index in [1.165, 1.54) is 0 Å². The molecule has 0 aliphatic carbocycles. The molecule has 2 aromatic heterocycles. The number of carbonyl (C=O) groups is 2. The van der Waals surface area contributed by atoms with Crippen molar-refractivity contribution in [3.63, 3.8) is 0 Å². The number of H-pyrrole nitrogens is 1. The first kappa shape index (κ1) is 22.4. The van der Waals surface area contributed by atoms with Crippen LogP contribution in [-0.4, -0.2) is 46.9 Å². The van der Waals surface area contributed by atoms with Crippen LogP contribution in [-0.2, 0) is 9.53 Å².